The van der Waals surface area contributed by atoms with Crippen molar-refractivity contribution in [3.63, 3.8) is 0 Å². The number of ether oxygens (including phenoxy) is 2. The number of carbonyl (C=O) groups excluding carboxylic acids is 1. The number of aryl methyl sites for hydroxylation is 1. The molecule has 7 heteroatoms. The average molecular weight is 403 g/mol. The largest absolute Gasteiger partial charge is 0.467 e. The number of thiocarbonyl (C=S) groups is 1. The summed E-state index contributed by atoms with van der Waals surface area (Å²) in [6.45, 7) is 3.97. The molecule has 0 unspecified atom stereocenters. The fourth-order valence-electron chi connectivity index (χ4n) is 3.73. The summed E-state index contributed by atoms with van der Waals surface area (Å²) in [6.07, 6.45) is 0.663. The molecule has 0 spiro atoms. The van der Waals surface area contributed by atoms with Crippen molar-refractivity contribution < 1.29 is 14.3 Å². The van der Waals surface area contributed by atoms with Crippen LogP contribution in [-0.4, -0.2) is 23.9 Å². The Bertz CT molecular complexity index is 964. The van der Waals surface area contributed by atoms with E-state index < -0.39 is 5.72 Å². The lowest BCUT2D eigenvalue weighted by atomic mass is 9.89. The van der Waals surface area contributed by atoms with Crippen molar-refractivity contribution in [1.82, 2.24) is 5.32 Å². The number of hydrogen-bond donors (Lipinski definition) is 1. The van der Waals surface area contributed by atoms with Crippen LogP contribution in [0, 0.1) is 6.92 Å². The van der Waals surface area contributed by atoms with E-state index in [2.05, 4.69) is 5.32 Å². The standard InChI is InChI=1S/C20H19ClN2O3S/c1-11-4-6-13(9-15(11)21)23-19(27)22-16-10-20(23,2)26-17-7-5-12(8-14(16)17)18(24)25-3/h4-9,16H,10H2,1-3H3,(H,22,27)/t16-,20-/m1/s1. The molecule has 1 fully saturated rings. The summed E-state index contributed by atoms with van der Waals surface area (Å²) in [5, 5.41) is 4.62. The minimum absolute atomic E-state index is 0.0481. The van der Waals surface area contributed by atoms with Crippen molar-refractivity contribution in [2.75, 3.05) is 12.0 Å². The number of fused-ring (bicyclic) bond motifs is 4. The van der Waals surface area contributed by atoms with Crippen molar-refractivity contribution in [2.45, 2.75) is 32.0 Å². The molecule has 5 nitrogen and oxygen atoms in total. The fourth-order valence-corrected chi connectivity index (χ4v) is 4.35. The van der Waals surface area contributed by atoms with Gasteiger partial charge in [0.1, 0.15) is 5.75 Å². The van der Waals surface area contributed by atoms with Gasteiger partial charge in [0, 0.05) is 22.7 Å². The van der Waals surface area contributed by atoms with E-state index in [1.165, 1.54) is 7.11 Å². The molecule has 2 aromatic rings. The van der Waals surface area contributed by atoms with Gasteiger partial charge in [-0.15, -0.1) is 0 Å². The maximum atomic E-state index is 11.9. The van der Waals surface area contributed by atoms with Gasteiger partial charge in [-0.05, 0) is 62.0 Å². The number of carbonyl (C=O) groups is 1. The van der Waals surface area contributed by atoms with Crippen LogP contribution in [0.1, 0.15) is 40.9 Å². The average Bonchev–Trinajstić information content (AvgIpc) is 2.63. The Labute approximate surface area is 168 Å². The molecule has 2 aromatic carbocycles. The molecule has 2 aliphatic rings. The lowest BCUT2D eigenvalue weighted by molar-refractivity contribution is 0.0494. The molecule has 0 aromatic heterocycles. The number of nitrogens with zero attached hydrogens (tertiary/aromatic N) is 1. The molecule has 140 valence electrons. The first-order valence-corrected chi connectivity index (χ1v) is 9.39. The first kappa shape index (κ1) is 18.1. The molecule has 27 heavy (non-hydrogen) atoms. The number of nitrogens with one attached hydrogen (secondary N) is 1. The molecule has 2 atom stereocenters. The molecule has 0 aliphatic carbocycles. The highest BCUT2D eigenvalue weighted by molar-refractivity contribution is 7.80. The second-order valence-corrected chi connectivity index (χ2v) is 7.79. The van der Waals surface area contributed by atoms with E-state index in [4.69, 9.17) is 33.3 Å². The van der Waals surface area contributed by atoms with E-state index in [1.807, 2.05) is 43.0 Å². The zero-order valence-corrected chi connectivity index (χ0v) is 16.8. The highest BCUT2D eigenvalue weighted by Gasteiger charge is 2.48. The predicted octanol–water partition coefficient (Wildman–Crippen LogP) is 4.37. The van der Waals surface area contributed by atoms with Crippen LogP contribution >= 0.6 is 23.8 Å². The van der Waals surface area contributed by atoms with Crippen molar-refractivity contribution in [1.29, 1.82) is 0 Å². The number of hydrogen-bond acceptors (Lipinski definition) is 4. The summed E-state index contributed by atoms with van der Waals surface area (Å²) < 4.78 is 11.2. The van der Waals surface area contributed by atoms with Crippen LogP contribution in [-0.2, 0) is 4.74 Å². The number of halogens is 1. The Balaban J connectivity index is 1.76. The molecule has 2 aliphatic heterocycles. The van der Waals surface area contributed by atoms with Gasteiger partial charge in [-0.2, -0.15) is 0 Å². The van der Waals surface area contributed by atoms with Gasteiger partial charge in [-0.1, -0.05) is 17.7 Å². The van der Waals surface area contributed by atoms with Crippen LogP contribution in [0.25, 0.3) is 0 Å². The number of methoxy groups -OCH3 is 1. The molecule has 4 rings (SSSR count). The molecule has 0 radical (unpaired) electrons. The van der Waals surface area contributed by atoms with E-state index in [1.54, 1.807) is 12.1 Å². The minimum atomic E-state index is -0.661. The summed E-state index contributed by atoms with van der Waals surface area (Å²) in [5.41, 5.74) is 2.61. The van der Waals surface area contributed by atoms with E-state index in [0.29, 0.717) is 22.1 Å². The van der Waals surface area contributed by atoms with Gasteiger partial charge in [-0.3, -0.25) is 4.90 Å². The summed E-state index contributed by atoms with van der Waals surface area (Å²) in [7, 11) is 1.37. The molecule has 0 saturated carbocycles. The monoisotopic (exact) mass is 402 g/mol. The van der Waals surface area contributed by atoms with E-state index in [0.717, 1.165) is 22.6 Å². The summed E-state index contributed by atoms with van der Waals surface area (Å²) in [5.74, 6) is 0.347. The van der Waals surface area contributed by atoms with Gasteiger partial charge in [0.05, 0.1) is 18.7 Å². The highest BCUT2D eigenvalue weighted by Crippen LogP contribution is 2.46. The van der Waals surface area contributed by atoms with Crippen molar-refractivity contribution >= 4 is 40.6 Å². The smallest absolute Gasteiger partial charge is 0.337 e. The van der Waals surface area contributed by atoms with Crippen molar-refractivity contribution in [3.8, 4) is 5.75 Å². The Morgan fingerprint density at radius 3 is 2.85 bits per heavy atom. The molecular weight excluding hydrogens is 384 g/mol. The van der Waals surface area contributed by atoms with Gasteiger partial charge in [0.25, 0.3) is 0 Å². The normalized spacial score (nSPS) is 23.2. The number of anilines is 1. The Kier molecular flexibility index (Phi) is 4.28. The fraction of sp³-hybridized carbons (Fsp3) is 0.300. The summed E-state index contributed by atoms with van der Waals surface area (Å²) >= 11 is 12.0. The third-order valence-corrected chi connectivity index (χ3v) is 5.81. The summed E-state index contributed by atoms with van der Waals surface area (Å²) in [4.78, 5) is 13.8. The topological polar surface area (TPSA) is 50.8 Å². The molecule has 2 heterocycles. The first-order valence-electron chi connectivity index (χ1n) is 8.60. The number of esters is 1. The lowest BCUT2D eigenvalue weighted by Crippen LogP contribution is -2.65. The van der Waals surface area contributed by atoms with Crippen LogP contribution in [0.3, 0.4) is 0 Å². The van der Waals surface area contributed by atoms with Gasteiger partial charge in [-0.25, -0.2) is 4.79 Å². The molecule has 0 amide bonds. The van der Waals surface area contributed by atoms with E-state index in [9.17, 15) is 4.79 Å². The SMILES string of the molecule is COC(=O)c1ccc2c(c1)[C@H]1C[C@@](C)(O2)N(c2ccc(C)c(Cl)c2)C(=S)N1. The third kappa shape index (κ3) is 2.93. The zero-order chi connectivity index (χ0) is 19.3. The van der Waals surface area contributed by atoms with Gasteiger partial charge in [0.2, 0.25) is 0 Å². The Morgan fingerprint density at radius 1 is 1.37 bits per heavy atom. The Morgan fingerprint density at radius 2 is 2.15 bits per heavy atom. The van der Waals surface area contributed by atoms with Crippen molar-refractivity contribution in [3.05, 3.63) is 58.1 Å². The zero-order valence-electron chi connectivity index (χ0n) is 15.2. The van der Waals surface area contributed by atoms with E-state index in [-0.39, 0.29) is 12.0 Å². The second-order valence-electron chi connectivity index (χ2n) is 7.00. The second kappa shape index (κ2) is 6.39. The maximum Gasteiger partial charge on any atom is 0.337 e. The third-order valence-electron chi connectivity index (χ3n) is 5.11. The maximum absolute atomic E-state index is 11.9. The lowest BCUT2D eigenvalue weighted by Gasteiger charge is -2.52. The van der Waals surface area contributed by atoms with Crippen LogP contribution in [0.5, 0.6) is 5.75 Å². The molecule has 1 saturated heterocycles. The van der Waals surface area contributed by atoms with Crippen LogP contribution in [0.4, 0.5) is 5.69 Å². The van der Waals surface area contributed by atoms with Crippen LogP contribution < -0.4 is 15.0 Å². The molecular formula is C20H19ClN2O3S. The van der Waals surface area contributed by atoms with Crippen molar-refractivity contribution in [2.24, 2.45) is 0 Å². The summed E-state index contributed by atoms with van der Waals surface area (Å²) in [6, 6.07) is 11.1. The first-order chi connectivity index (χ1) is 12.8. The Hall–Kier alpha value is -2.31. The number of rotatable bonds is 2. The van der Waals surface area contributed by atoms with Gasteiger partial charge in [0.15, 0.2) is 10.8 Å². The minimum Gasteiger partial charge on any atom is -0.467 e. The molecule has 2 bridgehead atoms. The van der Waals surface area contributed by atoms with E-state index >= 15 is 0 Å². The quantitative estimate of drug-likeness (QED) is 0.594. The number of benzene rings is 2. The van der Waals surface area contributed by atoms with Gasteiger partial charge >= 0.3 is 5.97 Å². The predicted molar refractivity (Wildman–Crippen MR) is 109 cm³/mol. The van der Waals surface area contributed by atoms with Crippen LogP contribution in [0.15, 0.2) is 36.4 Å². The highest BCUT2D eigenvalue weighted by atomic mass is 35.5. The molecule has 1 N–H and O–H groups in total. The van der Waals surface area contributed by atoms with Crippen LogP contribution in [0.2, 0.25) is 5.02 Å². The van der Waals surface area contributed by atoms with Gasteiger partial charge < -0.3 is 14.8 Å².